The minimum absolute atomic E-state index is 0.0424. The lowest BCUT2D eigenvalue weighted by molar-refractivity contribution is -0.870. The number of hydrogen-bond acceptors (Lipinski definition) is 6. The second-order valence-corrected chi connectivity index (χ2v) is 27.2. The minimum atomic E-state index is -4.45. The van der Waals surface area contributed by atoms with E-state index in [0.717, 1.165) is 70.6 Å². The number of phosphoric ester groups is 1. The number of nitrogens with one attached hydrogen (secondary N) is 1. The SMILES string of the molecule is CCCCC/C=C\C/C=C\C/C=C\CCCCCCCCCCCCCCCCC(=O)NC(COP(=O)(O)OCC[N+](C)(C)C)C(/C=C\CCCCCCCCCCCCC)OC(=O)CCCCCCCCCCCCCCCCCCC. The number of unbranched alkanes of at least 4 members (excludes halogenated alkanes) is 44. The van der Waals surface area contributed by atoms with Crippen LogP contribution in [0.15, 0.2) is 48.6 Å². The average molecular weight is 1190 g/mol. The summed E-state index contributed by atoms with van der Waals surface area (Å²) in [7, 11) is 1.51. The Balaban J connectivity index is 5.02. The predicted molar refractivity (Wildman–Crippen MR) is 360 cm³/mol. The molecule has 0 fully saturated rings. The summed E-state index contributed by atoms with van der Waals surface area (Å²) in [5.41, 5.74) is 0. The molecule has 0 aromatic rings. The number of nitrogens with zero attached hydrogens (tertiary/aromatic N) is 1. The molecule has 9 nitrogen and oxygen atoms in total. The molecule has 488 valence electrons. The van der Waals surface area contributed by atoms with Gasteiger partial charge in [0.15, 0.2) is 0 Å². The Morgan fingerprint density at radius 3 is 1.12 bits per heavy atom. The minimum Gasteiger partial charge on any atom is -0.456 e. The van der Waals surface area contributed by atoms with E-state index in [1.54, 1.807) is 0 Å². The largest absolute Gasteiger partial charge is 0.472 e. The van der Waals surface area contributed by atoms with Crippen LogP contribution in [-0.4, -0.2) is 74.3 Å². The van der Waals surface area contributed by atoms with Gasteiger partial charge in [0.25, 0.3) is 0 Å². The van der Waals surface area contributed by atoms with E-state index in [1.165, 1.54) is 250 Å². The van der Waals surface area contributed by atoms with Gasteiger partial charge in [-0.15, -0.1) is 0 Å². The first kappa shape index (κ1) is 81.0. The van der Waals surface area contributed by atoms with Crippen LogP contribution < -0.4 is 5.32 Å². The van der Waals surface area contributed by atoms with Gasteiger partial charge >= 0.3 is 13.8 Å². The number of carbonyl (C=O) groups is 2. The number of rotatable bonds is 66. The fourth-order valence-corrected chi connectivity index (χ4v) is 11.5. The zero-order chi connectivity index (χ0) is 60.7. The summed E-state index contributed by atoms with van der Waals surface area (Å²) in [4.78, 5) is 37.9. The smallest absolute Gasteiger partial charge is 0.456 e. The maximum Gasteiger partial charge on any atom is 0.472 e. The highest BCUT2D eigenvalue weighted by Crippen LogP contribution is 2.43. The molecule has 0 aliphatic rings. The van der Waals surface area contributed by atoms with Crippen molar-refractivity contribution in [3.8, 4) is 0 Å². The fourth-order valence-electron chi connectivity index (χ4n) is 10.7. The van der Waals surface area contributed by atoms with E-state index in [-0.39, 0.29) is 25.1 Å². The molecule has 0 heterocycles. The molecule has 0 bridgehead atoms. The van der Waals surface area contributed by atoms with Gasteiger partial charge in [-0.05, 0) is 70.3 Å². The Morgan fingerprint density at radius 2 is 0.735 bits per heavy atom. The van der Waals surface area contributed by atoms with Crippen molar-refractivity contribution < 1.29 is 37.3 Å². The van der Waals surface area contributed by atoms with E-state index in [0.29, 0.717) is 23.9 Å². The molecular formula is C73H140N2O7P+. The van der Waals surface area contributed by atoms with Gasteiger partial charge in [0.05, 0.1) is 33.8 Å². The van der Waals surface area contributed by atoms with Gasteiger partial charge in [-0.1, -0.05) is 320 Å². The number of carbonyl (C=O) groups excluding carboxylic acids is 2. The number of ether oxygens (including phenoxy) is 1. The summed E-state index contributed by atoms with van der Waals surface area (Å²) in [5, 5.41) is 3.08. The molecule has 1 amide bonds. The number of quaternary nitrogens is 1. The third-order valence-corrected chi connectivity index (χ3v) is 17.3. The molecule has 0 saturated carbocycles. The second kappa shape index (κ2) is 63.0. The molecule has 0 saturated heterocycles. The Bertz CT molecular complexity index is 1560. The van der Waals surface area contributed by atoms with Crippen molar-refractivity contribution in [3.05, 3.63) is 48.6 Å². The molecule has 2 N–H and O–H groups in total. The number of allylic oxidation sites excluding steroid dienone is 7. The Hall–Kier alpha value is -2.03. The first-order chi connectivity index (χ1) is 40.4. The van der Waals surface area contributed by atoms with E-state index < -0.39 is 20.0 Å². The van der Waals surface area contributed by atoms with Gasteiger partial charge in [-0.3, -0.25) is 18.6 Å². The summed E-state index contributed by atoms with van der Waals surface area (Å²) < 4.78 is 30.8. The lowest BCUT2D eigenvalue weighted by atomic mass is 10.0. The highest BCUT2D eigenvalue weighted by molar-refractivity contribution is 7.47. The van der Waals surface area contributed by atoms with Gasteiger partial charge in [-0.25, -0.2) is 4.57 Å². The third-order valence-electron chi connectivity index (χ3n) is 16.3. The Labute approximate surface area is 516 Å². The predicted octanol–water partition coefficient (Wildman–Crippen LogP) is 22.8. The number of likely N-dealkylation sites (N-methyl/N-ethyl adjacent to an activating group) is 1. The van der Waals surface area contributed by atoms with E-state index >= 15 is 0 Å². The van der Waals surface area contributed by atoms with Crippen molar-refractivity contribution in [1.29, 1.82) is 0 Å². The molecule has 0 spiro atoms. The van der Waals surface area contributed by atoms with Crippen LogP contribution in [0, 0.1) is 0 Å². The topological polar surface area (TPSA) is 111 Å². The lowest BCUT2D eigenvalue weighted by Crippen LogP contribution is -2.47. The molecular weight excluding hydrogens is 1050 g/mol. The van der Waals surface area contributed by atoms with Crippen molar-refractivity contribution in [3.63, 3.8) is 0 Å². The van der Waals surface area contributed by atoms with Gasteiger partial charge in [0.1, 0.15) is 19.3 Å². The summed E-state index contributed by atoms with van der Waals surface area (Å²) in [6.07, 6.45) is 79.8. The van der Waals surface area contributed by atoms with Gasteiger partial charge in [-0.2, -0.15) is 0 Å². The quantitative estimate of drug-likeness (QED) is 0.0205. The standard InChI is InChI=1S/C73H139N2O7P/c1-7-10-13-16-19-22-25-28-30-32-33-34-35-36-37-38-39-40-41-43-44-47-50-53-56-59-62-65-72(76)74-70(69-81-83(78,79)80-68-67-75(4,5)6)71(64-61-58-55-52-49-46-27-24-21-18-15-12-9-3)82-73(77)66-63-60-57-54-51-48-45-42-31-29-26-23-20-17-14-11-8-2/h19,22,28,30,33-34,61,64,70-71H,7-18,20-21,23-27,29,31-32,35-60,62-63,65-69H2,1-6H3,(H-,74,76,78,79)/p+1/b22-19-,30-28-,34-33-,64-61-. The van der Waals surface area contributed by atoms with Crippen molar-refractivity contribution in [2.24, 2.45) is 0 Å². The van der Waals surface area contributed by atoms with Crippen molar-refractivity contribution >= 4 is 19.7 Å². The maximum atomic E-state index is 13.6. The molecule has 0 aliphatic carbocycles. The summed E-state index contributed by atoms with van der Waals surface area (Å²) in [6.45, 7) is 7.04. The second-order valence-electron chi connectivity index (χ2n) is 25.8. The maximum absolute atomic E-state index is 13.6. The molecule has 0 radical (unpaired) electrons. The highest BCUT2D eigenvalue weighted by Gasteiger charge is 2.30. The van der Waals surface area contributed by atoms with Gasteiger partial charge in [0, 0.05) is 12.8 Å². The third kappa shape index (κ3) is 64.3. The van der Waals surface area contributed by atoms with Crippen LogP contribution in [0.2, 0.25) is 0 Å². The van der Waals surface area contributed by atoms with Crippen LogP contribution >= 0.6 is 7.82 Å². The van der Waals surface area contributed by atoms with Crippen LogP contribution in [-0.2, 0) is 27.9 Å². The van der Waals surface area contributed by atoms with Crippen LogP contribution in [0.25, 0.3) is 0 Å². The van der Waals surface area contributed by atoms with Crippen LogP contribution in [0.5, 0.6) is 0 Å². The van der Waals surface area contributed by atoms with Crippen LogP contribution in [0.3, 0.4) is 0 Å². The monoisotopic (exact) mass is 1190 g/mol. The van der Waals surface area contributed by atoms with Crippen molar-refractivity contribution in [2.45, 2.75) is 367 Å². The molecule has 3 atom stereocenters. The number of hydrogen-bond donors (Lipinski definition) is 2. The molecule has 83 heavy (non-hydrogen) atoms. The number of phosphoric acid groups is 1. The molecule has 0 aliphatic heterocycles. The zero-order valence-electron chi connectivity index (χ0n) is 56.0. The molecule has 0 rings (SSSR count). The average Bonchev–Trinajstić information content (AvgIpc) is 3.47. The molecule has 10 heteroatoms. The summed E-state index contributed by atoms with van der Waals surface area (Å²) in [5.74, 6) is -0.487. The normalized spacial score (nSPS) is 13.8. The highest BCUT2D eigenvalue weighted by atomic mass is 31.2. The number of esters is 1. The van der Waals surface area contributed by atoms with Crippen molar-refractivity contribution in [1.82, 2.24) is 5.32 Å². The van der Waals surface area contributed by atoms with Gasteiger partial charge < -0.3 is 19.4 Å². The lowest BCUT2D eigenvalue weighted by Gasteiger charge is -2.27. The zero-order valence-corrected chi connectivity index (χ0v) is 56.8. The molecule has 3 unspecified atom stereocenters. The van der Waals surface area contributed by atoms with E-state index in [1.807, 2.05) is 27.2 Å². The molecule has 0 aromatic carbocycles. The first-order valence-corrected chi connectivity index (χ1v) is 37.5. The Morgan fingerprint density at radius 1 is 0.422 bits per heavy atom. The fraction of sp³-hybridized carbons (Fsp3) is 0.863. The Kier molecular flexibility index (Phi) is 61.5. The van der Waals surface area contributed by atoms with Crippen LogP contribution in [0.1, 0.15) is 355 Å². The van der Waals surface area contributed by atoms with Crippen molar-refractivity contribution in [2.75, 3.05) is 40.9 Å². The van der Waals surface area contributed by atoms with Crippen LogP contribution in [0.4, 0.5) is 0 Å². The van der Waals surface area contributed by atoms with Gasteiger partial charge in [0.2, 0.25) is 5.91 Å². The summed E-state index contributed by atoms with van der Waals surface area (Å²) in [6, 6.07) is -0.846. The number of amides is 1. The first-order valence-electron chi connectivity index (χ1n) is 36.0. The van der Waals surface area contributed by atoms with E-state index in [4.69, 9.17) is 13.8 Å². The summed E-state index contributed by atoms with van der Waals surface area (Å²) >= 11 is 0. The molecule has 0 aromatic heterocycles. The van der Waals surface area contributed by atoms with E-state index in [2.05, 4.69) is 68.6 Å². The van der Waals surface area contributed by atoms with E-state index in [9.17, 15) is 19.0 Å².